The van der Waals surface area contributed by atoms with Crippen LogP contribution in [-0.2, 0) is 4.79 Å². The van der Waals surface area contributed by atoms with Crippen LogP contribution in [0.1, 0.15) is 12.0 Å². The molecule has 1 N–H and O–H groups in total. The number of nitrogens with zero attached hydrogens (tertiary/aromatic N) is 2. The molecule has 1 aromatic carbocycles. The second kappa shape index (κ2) is 5.03. The van der Waals surface area contributed by atoms with E-state index in [1.54, 1.807) is 6.07 Å². The molecule has 1 rings (SSSR count). The van der Waals surface area contributed by atoms with Crippen molar-refractivity contribution in [2.24, 2.45) is 0 Å². The Kier molecular flexibility index (Phi) is 3.72. The van der Waals surface area contributed by atoms with Crippen molar-refractivity contribution < 1.29 is 14.1 Å². The minimum atomic E-state index is -0.801. The van der Waals surface area contributed by atoms with E-state index in [4.69, 9.17) is 5.26 Å². The van der Waals surface area contributed by atoms with Crippen molar-refractivity contribution in [1.29, 1.82) is 5.26 Å². The van der Waals surface area contributed by atoms with Crippen LogP contribution in [0.15, 0.2) is 12.1 Å². The number of hydrogen-bond donors (Lipinski definition) is 1. The van der Waals surface area contributed by atoms with Crippen molar-refractivity contribution in [2.75, 3.05) is 5.32 Å². The first kappa shape index (κ1) is 12.6. The Morgan fingerprint density at radius 2 is 2.29 bits per heavy atom. The maximum atomic E-state index is 13.1. The second-order valence-electron chi connectivity index (χ2n) is 3.26. The SMILES string of the molecule is Cc1cc(NC(=O)CC#N)c([N+](=O)[O-])cc1F. The number of hydrogen-bond acceptors (Lipinski definition) is 4. The number of carbonyl (C=O) groups is 1. The van der Waals surface area contributed by atoms with E-state index < -0.39 is 28.8 Å². The molecule has 1 aromatic rings. The summed E-state index contributed by atoms with van der Waals surface area (Å²) in [5, 5.41) is 21.1. The summed E-state index contributed by atoms with van der Waals surface area (Å²) >= 11 is 0. The number of nitrogens with one attached hydrogen (secondary N) is 1. The van der Waals surface area contributed by atoms with E-state index >= 15 is 0 Å². The average molecular weight is 237 g/mol. The van der Waals surface area contributed by atoms with Gasteiger partial charge in [-0.25, -0.2) is 4.39 Å². The summed E-state index contributed by atoms with van der Waals surface area (Å²) < 4.78 is 13.1. The molecule has 1 amide bonds. The van der Waals surface area contributed by atoms with Gasteiger partial charge in [0.2, 0.25) is 5.91 Å². The van der Waals surface area contributed by atoms with Gasteiger partial charge < -0.3 is 5.32 Å². The summed E-state index contributed by atoms with van der Waals surface area (Å²) in [4.78, 5) is 21.0. The minimum Gasteiger partial charge on any atom is -0.319 e. The quantitative estimate of drug-likeness (QED) is 0.641. The molecule has 6 nitrogen and oxygen atoms in total. The molecule has 88 valence electrons. The summed E-state index contributed by atoms with van der Waals surface area (Å²) in [7, 11) is 0. The molecule has 0 saturated heterocycles. The van der Waals surface area contributed by atoms with Gasteiger partial charge in [-0.1, -0.05) is 0 Å². The number of aryl methyl sites for hydroxylation is 1. The third-order valence-electron chi connectivity index (χ3n) is 1.99. The lowest BCUT2D eigenvalue weighted by Crippen LogP contribution is -2.12. The lowest BCUT2D eigenvalue weighted by atomic mass is 10.1. The maximum absolute atomic E-state index is 13.1. The van der Waals surface area contributed by atoms with Crippen LogP contribution in [0.3, 0.4) is 0 Å². The zero-order valence-electron chi connectivity index (χ0n) is 8.86. The number of carbonyl (C=O) groups excluding carboxylic acids is 1. The van der Waals surface area contributed by atoms with Crippen molar-refractivity contribution in [3.63, 3.8) is 0 Å². The van der Waals surface area contributed by atoms with Crippen LogP contribution in [0, 0.1) is 34.2 Å². The fourth-order valence-corrected chi connectivity index (χ4v) is 1.19. The van der Waals surface area contributed by atoms with Crippen LogP contribution in [0.5, 0.6) is 0 Å². The Bertz CT molecular complexity index is 522. The number of anilines is 1. The molecule has 0 radical (unpaired) electrons. The highest BCUT2D eigenvalue weighted by atomic mass is 19.1. The first-order valence-corrected chi connectivity index (χ1v) is 4.57. The largest absolute Gasteiger partial charge is 0.319 e. The summed E-state index contributed by atoms with van der Waals surface area (Å²) in [5.74, 6) is -1.41. The first-order valence-electron chi connectivity index (χ1n) is 4.57. The number of halogens is 1. The molecule has 0 aliphatic rings. The van der Waals surface area contributed by atoms with Gasteiger partial charge in [0.05, 0.1) is 17.1 Å². The Labute approximate surface area is 95.8 Å². The monoisotopic (exact) mass is 237 g/mol. The number of amides is 1. The van der Waals surface area contributed by atoms with Crippen LogP contribution >= 0.6 is 0 Å². The van der Waals surface area contributed by atoms with E-state index in [2.05, 4.69) is 5.32 Å². The third-order valence-corrected chi connectivity index (χ3v) is 1.99. The smallest absolute Gasteiger partial charge is 0.295 e. The zero-order valence-corrected chi connectivity index (χ0v) is 8.86. The number of rotatable bonds is 3. The van der Waals surface area contributed by atoms with E-state index in [-0.39, 0.29) is 11.3 Å². The lowest BCUT2D eigenvalue weighted by molar-refractivity contribution is -0.384. The normalized spacial score (nSPS) is 9.47. The van der Waals surface area contributed by atoms with Crippen LogP contribution < -0.4 is 5.32 Å². The molecule has 0 spiro atoms. The first-order chi connectivity index (χ1) is 7.95. The Morgan fingerprint density at radius 3 is 2.82 bits per heavy atom. The van der Waals surface area contributed by atoms with Gasteiger partial charge >= 0.3 is 0 Å². The molecular formula is C10H8FN3O3. The van der Waals surface area contributed by atoms with E-state index in [0.29, 0.717) is 0 Å². The van der Waals surface area contributed by atoms with Gasteiger partial charge in [-0.05, 0) is 18.6 Å². The molecular weight excluding hydrogens is 229 g/mol. The van der Waals surface area contributed by atoms with Crippen molar-refractivity contribution in [1.82, 2.24) is 0 Å². The lowest BCUT2D eigenvalue weighted by Gasteiger charge is -2.05. The van der Waals surface area contributed by atoms with Crippen molar-refractivity contribution in [2.45, 2.75) is 13.3 Å². The zero-order chi connectivity index (χ0) is 13.0. The van der Waals surface area contributed by atoms with Crippen molar-refractivity contribution in [3.05, 3.63) is 33.6 Å². The molecule has 0 unspecified atom stereocenters. The van der Waals surface area contributed by atoms with E-state index in [0.717, 1.165) is 12.1 Å². The number of nitriles is 1. The molecule has 17 heavy (non-hydrogen) atoms. The molecule has 0 fully saturated rings. The third kappa shape index (κ3) is 2.98. The molecule has 0 bridgehead atoms. The molecule has 7 heteroatoms. The highest BCUT2D eigenvalue weighted by Gasteiger charge is 2.18. The van der Waals surface area contributed by atoms with Gasteiger partial charge in [-0.2, -0.15) is 5.26 Å². The van der Waals surface area contributed by atoms with Gasteiger partial charge in [0.25, 0.3) is 5.69 Å². The molecule has 0 heterocycles. The maximum Gasteiger partial charge on any atom is 0.295 e. The van der Waals surface area contributed by atoms with Gasteiger partial charge in [-0.15, -0.1) is 0 Å². The minimum absolute atomic E-state index is 0.117. The topological polar surface area (TPSA) is 96.0 Å². The molecule has 0 aliphatic heterocycles. The number of nitro groups is 1. The average Bonchev–Trinajstić information content (AvgIpc) is 2.23. The van der Waals surface area contributed by atoms with Crippen LogP contribution in [-0.4, -0.2) is 10.8 Å². The predicted molar refractivity (Wildman–Crippen MR) is 56.7 cm³/mol. The number of nitro benzene ring substituents is 1. The predicted octanol–water partition coefficient (Wildman–Crippen LogP) is 1.89. The summed E-state index contributed by atoms with van der Waals surface area (Å²) in [5.41, 5.74) is -0.489. The highest BCUT2D eigenvalue weighted by molar-refractivity contribution is 5.94. The molecule has 0 atom stereocenters. The van der Waals surface area contributed by atoms with Crippen LogP contribution in [0.2, 0.25) is 0 Å². The fourth-order valence-electron chi connectivity index (χ4n) is 1.19. The second-order valence-corrected chi connectivity index (χ2v) is 3.26. The molecule has 0 aromatic heterocycles. The Balaban J connectivity index is 3.14. The van der Waals surface area contributed by atoms with Gasteiger partial charge in [-0.3, -0.25) is 14.9 Å². The highest BCUT2D eigenvalue weighted by Crippen LogP contribution is 2.27. The Morgan fingerprint density at radius 1 is 1.65 bits per heavy atom. The number of benzene rings is 1. The molecule has 0 saturated carbocycles. The van der Waals surface area contributed by atoms with E-state index in [9.17, 15) is 19.3 Å². The van der Waals surface area contributed by atoms with Gasteiger partial charge in [0.1, 0.15) is 17.9 Å². The summed E-state index contributed by atoms with van der Waals surface area (Å²) in [6.07, 6.45) is -0.423. The summed E-state index contributed by atoms with van der Waals surface area (Å²) in [6, 6.07) is 3.50. The van der Waals surface area contributed by atoms with Gasteiger partial charge in [0.15, 0.2) is 0 Å². The van der Waals surface area contributed by atoms with E-state index in [1.807, 2.05) is 0 Å². The van der Waals surface area contributed by atoms with Gasteiger partial charge in [0, 0.05) is 0 Å². The Hall–Kier alpha value is -2.49. The van der Waals surface area contributed by atoms with Crippen LogP contribution in [0.4, 0.5) is 15.8 Å². The van der Waals surface area contributed by atoms with E-state index in [1.165, 1.54) is 6.92 Å². The van der Waals surface area contributed by atoms with Crippen molar-refractivity contribution >= 4 is 17.3 Å². The standard InChI is InChI=1S/C10H8FN3O3/c1-6-4-8(13-10(15)2-3-12)9(14(16)17)5-7(6)11/h4-5H,2H2,1H3,(H,13,15). The van der Waals surface area contributed by atoms with Crippen LogP contribution in [0.25, 0.3) is 0 Å². The molecule has 0 aliphatic carbocycles. The summed E-state index contributed by atoms with van der Waals surface area (Å²) in [6.45, 7) is 1.42. The fraction of sp³-hybridized carbons (Fsp3) is 0.200. The van der Waals surface area contributed by atoms with Crippen molar-refractivity contribution in [3.8, 4) is 6.07 Å².